The van der Waals surface area contributed by atoms with Crippen molar-refractivity contribution in [3.8, 4) is 17.2 Å². The molecule has 1 aromatic rings. The average molecular weight is 250 g/mol. The number of rotatable bonds is 5. The minimum atomic E-state index is 0.169. The number of aliphatic hydroxyl groups excluding tert-OH is 1. The molecule has 0 amide bonds. The van der Waals surface area contributed by atoms with E-state index in [-0.39, 0.29) is 12.5 Å². The Balaban J connectivity index is 2.44. The number of benzene rings is 1. The van der Waals surface area contributed by atoms with Gasteiger partial charge in [-0.05, 0) is 29.7 Å². The maximum atomic E-state index is 9.24. The van der Waals surface area contributed by atoms with Crippen LogP contribution in [0.25, 0.3) is 5.57 Å². The maximum Gasteiger partial charge on any atom is 0.203 e. The van der Waals surface area contributed by atoms with Gasteiger partial charge >= 0.3 is 0 Å². The van der Waals surface area contributed by atoms with Crippen LogP contribution in [-0.2, 0) is 0 Å². The minimum absolute atomic E-state index is 0.169. The van der Waals surface area contributed by atoms with Gasteiger partial charge in [0.2, 0.25) is 5.75 Å². The largest absolute Gasteiger partial charge is 0.493 e. The second-order valence-electron chi connectivity index (χ2n) is 4.19. The molecule has 4 nitrogen and oxygen atoms in total. The first kappa shape index (κ1) is 12.8. The lowest BCUT2D eigenvalue weighted by molar-refractivity contribution is 0.251. The molecule has 1 aliphatic rings. The maximum absolute atomic E-state index is 9.24. The molecule has 0 bridgehead atoms. The van der Waals surface area contributed by atoms with Gasteiger partial charge in [0.1, 0.15) is 0 Å². The second-order valence-corrected chi connectivity index (χ2v) is 4.19. The SMILES string of the molecule is COc1cc(C2=CCC2CO)cc(OC)c1OC. The Morgan fingerprint density at radius 3 is 2.06 bits per heavy atom. The van der Waals surface area contributed by atoms with Crippen LogP contribution in [0.3, 0.4) is 0 Å². The Hall–Kier alpha value is -1.68. The Labute approximate surface area is 107 Å². The normalized spacial score (nSPS) is 17.8. The molecule has 0 saturated heterocycles. The first-order chi connectivity index (χ1) is 8.74. The predicted molar refractivity (Wildman–Crippen MR) is 69.3 cm³/mol. The molecule has 0 heterocycles. The molecule has 1 aromatic carbocycles. The van der Waals surface area contributed by atoms with Crippen LogP contribution in [0.5, 0.6) is 17.2 Å². The average Bonchev–Trinajstić information content (AvgIpc) is 2.36. The summed E-state index contributed by atoms with van der Waals surface area (Å²) in [5.74, 6) is 2.07. The summed E-state index contributed by atoms with van der Waals surface area (Å²) >= 11 is 0. The standard InChI is InChI=1S/C14H18O4/c1-16-12-6-10(11-5-4-9(11)8-15)7-13(17-2)14(12)18-3/h5-7,9,15H,4,8H2,1-3H3. The molecular weight excluding hydrogens is 232 g/mol. The smallest absolute Gasteiger partial charge is 0.203 e. The van der Waals surface area contributed by atoms with Gasteiger partial charge in [0.05, 0.1) is 27.9 Å². The fourth-order valence-electron chi connectivity index (χ4n) is 2.18. The molecule has 2 rings (SSSR count). The van der Waals surface area contributed by atoms with Gasteiger partial charge in [-0.25, -0.2) is 0 Å². The molecule has 0 fully saturated rings. The van der Waals surface area contributed by atoms with Crippen molar-refractivity contribution in [2.45, 2.75) is 6.42 Å². The van der Waals surface area contributed by atoms with E-state index < -0.39 is 0 Å². The van der Waals surface area contributed by atoms with E-state index in [0.29, 0.717) is 17.2 Å². The third-order valence-electron chi connectivity index (χ3n) is 3.28. The van der Waals surface area contributed by atoms with Gasteiger partial charge in [-0.15, -0.1) is 0 Å². The van der Waals surface area contributed by atoms with E-state index in [1.165, 1.54) is 0 Å². The minimum Gasteiger partial charge on any atom is -0.493 e. The number of hydrogen-bond donors (Lipinski definition) is 1. The molecule has 1 unspecified atom stereocenters. The van der Waals surface area contributed by atoms with Crippen molar-refractivity contribution >= 4 is 5.57 Å². The Morgan fingerprint density at radius 2 is 1.72 bits per heavy atom. The van der Waals surface area contributed by atoms with E-state index in [4.69, 9.17) is 14.2 Å². The van der Waals surface area contributed by atoms with Gasteiger partial charge in [0.25, 0.3) is 0 Å². The van der Waals surface area contributed by atoms with Crippen LogP contribution >= 0.6 is 0 Å². The van der Waals surface area contributed by atoms with Crippen LogP contribution < -0.4 is 14.2 Å². The van der Waals surface area contributed by atoms with Gasteiger partial charge in [-0.1, -0.05) is 6.08 Å². The summed E-state index contributed by atoms with van der Waals surface area (Å²) in [5, 5.41) is 9.24. The number of ether oxygens (including phenoxy) is 3. The lowest BCUT2D eigenvalue weighted by Crippen LogP contribution is -2.15. The molecule has 0 spiro atoms. The summed E-state index contributed by atoms with van der Waals surface area (Å²) in [4.78, 5) is 0. The molecule has 1 atom stereocenters. The highest BCUT2D eigenvalue weighted by molar-refractivity contribution is 5.75. The molecule has 98 valence electrons. The van der Waals surface area contributed by atoms with Crippen molar-refractivity contribution in [1.82, 2.24) is 0 Å². The predicted octanol–water partition coefficient (Wildman–Crippen LogP) is 2.11. The lowest BCUT2D eigenvalue weighted by atomic mass is 9.81. The molecule has 0 aliphatic heterocycles. The van der Waals surface area contributed by atoms with Crippen LogP contribution in [0.2, 0.25) is 0 Å². The molecular formula is C14H18O4. The summed E-state index contributed by atoms with van der Waals surface area (Å²) in [7, 11) is 4.78. The zero-order valence-electron chi connectivity index (χ0n) is 10.9. The van der Waals surface area contributed by atoms with Crippen LogP contribution in [-0.4, -0.2) is 33.0 Å². The van der Waals surface area contributed by atoms with Crippen molar-refractivity contribution < 1.29 is 19.3 Å². The van der Waals surface area contributed by atoms with Gasteiger partial charge in [0, 0.05) is 5.92 Å². The molecule has 0 saturated carbocycles. The number of hydrogen-bond acceptors (Lipinski definition) is 4. The first-order valence-corrected chi connectivity index (χ1v) is 5.86. The van der Waals surface area contributed by atoms with E-state index in [9.17, 15) is 5.11 Å². The van der Waals surface area contributed by atoms with Gasteiger partial charge in [0.15, 0.2) is 11.5 Å². The first-order valence-electron chi connectivity index (χ1n) is 5.86. The van der Waals surface area contributed by atoms with E-state index in [1.54, 1.807) is 21.3 Å². The second kappa shape index (κ2) is 5.31. The fraction of sp³-hybridized carbons (Fsp3) is 0.429. The Bertz CT molecular complexity index is 440. The molecule has 1 aliphatic carbocycles. The van der Waals surface area contributed by atoms with Gasteiger partial charge < -0.3 is 19.3 Å². The summed E-state index contributed by atoms with van der Waals surface area (Å²) in [6.07, 6.45) is 3.03. The third kappa shape index (κ3) is 2.04. The van der Waals surface area contributed by atoms with Crippen LogP contribution in [0, 0.1) is 5.92 Å². The zero-order valence-corrected chi connectivity index (χ0v) is 10.9. The van der Waals surface area contributed by atoms with Crippen molar-refractivity contribution in [2.75, 3.05) is 27.9 Å². The number of allylic oxidation sites excluding steroid dienone is 1. The van der Waals surface area contributed by atoms with Crippen molar-refractivity contribution in [3.63, 3.8) is 0 Å². The molecule has 0 radical (unpaired) electrons. The highest BCUT2D eigenvalue weighted by atomic mass is 16.5. The van der Waals surface area contributed by atoms with E-state index in [2.05, 4.69) is 6.08 Å². The van der Waals surface area contributed by atoms with Crippen LogP contribution in [0.1, 0.15) is 12.0 Å². The van der Waals surface area contributed by atoms with Gasteiger partial charge in [-0.3, -0.25) is 0 Å². The zero-order chi connectivity index (χ0) is 13.1. The van der Waals surface area contributed by atoms with Crippen molar-refractivity contribution in [2.24, 2.45) is 5.92 Å². The van der Waals surface area contributed by atoms with E-state index >= 15 is 0 Å². The Morgan fingerprint density at radius 1 is 1.11 bits per heavy atom. The van der Waals surface area contributed by atoms with Gasteiger partial charge in [-0.2, -0.15) is 0 Å². The van der Waals surface area contributed by atoms with Crippen molar-refractivity contribution in [3.05, 3.63) is 23.8 Å². The summed E-state index contributed by atoms with van der Waals surface area (Å²) in [5.41, 5.74) is 2.14. The highest BCUT2D eigenvalue weighted by Crippen LogP contribution is 2.43. The molecule has 0 aromatic heterocycles. The fourth-order valence-corrected chi connectivity index (χ4v) is 2.18. The molecule has 18 heavy (non-hydrogen) atoms. The quantitative estimate of drug-likeness (QED) is 0.869. The topological polar surface area (TPSA) is 47.9 Å². The number of aliphatic hydroxyl groups is 1. The summed E-state index contributed by atoms with van der Waals surface area (Å²) < 4.78 is 15.9. The van der Waals surface area contributed by atoms with Crippen LogP contribution in [0.4, 0.5) is 0 Å². The third-order valence-corrected chi connectivity index (χ3v) is 3.28. The summed E-state index contributed by atoms with van der Waals surface area (Å²) in [6.45, 7) is 0.169. The Kier molecular flexibility index (Phi) is 3.77. The highest BCUT2D eigenvalue weighted by Gasteiger charge is 2.24. The van der Waals surface area contributed by atoms with E-state index in [1.807, 2.05) is 12.1 Å². The van der Waals surface area contributed by atoms with E-state index in [0.717, 1.165) is 17.6 Å². The lowest BCUT2D eigenvalue weighted by Gasteiger charge is -2.26. The van der Waals surface area contributed by atoms with Crippen LogP contribution in [0.15, 0.2) is 18.2 Å². The molecule has 4 heteroatoms. The monoisotopic (exact) mass is 250 g/mol. The van der Waals surface area contributed by atoms with Crippen molar-refractivity contribution in [1.29, 1.82) is 0 Å². The summed E-state index contributed by atoms with van der Waals surface area (Å²) in [6, 6.07) is 3.82. The molecule has 1 N–H and O–H groups in total. The number of methoxy groups -OCH3 is 3.